The number of likely N-dealkylation sites (tertiary alicyclic amines) is 2. The number of nitrogens with zero attached hydrogens (tertiary/aromatic N) is 3. The maximum absolute atomic E-state index is 14.5. The van der Waals surface area contributed by atoms with Gasteiger partial charge in [0.1, 0.15) is 24.3 Å². The van der Waals surface area contributed by atoms with Gasteiger partial charge < -0.3 is 20.4 Å². The summed E-state index contributed by atoms with van der Waals surface area (Å²) in [5, 5.41) is 14.4. The summed E-state index contributed by atoms with van der Waals surface area (Å²) in [5.74, 6) is -5.09. The molecule has 3 heterocycles. The second-order valence-corrected chi connectivity index (χ2v) is 10.9. The Morgan fingerprint density at radius 3 is 2.62 bits per heavy atom. The number of hydrogen-bond donors (Lipinski definition) is 2. The van der Waals surface area contributed by atoms with E-state index in [0.29, 0.717) is 17.7 Å². The number of nitrogens with one attached hydrogen (secondary N) is 2. The largest absolute Gasteiger partial charge is 0.471 e. The first-order valence-electron chi connectivity index (χ1n) is 12.8. The van der Waals surface area contributed by atoms with Crippen molar-refractivity contribution in [2.45, 2.75) is 68.5 Å². The lowest BCUT2D eigenvalue weighted by Gasteiger charge is -2.35. The van der Waals surface area contributed by atoms with E-state index >= 15 is 0 Å². The molecule has 3 aliphatic heterocycles. The van der Waals surface area contributed by atoms with Gasteiger partial charge in [0.2, 0.25) is 17.7 Å². The normalized spacial score (nSPS) is 32.3. The summed E-state index contributed by atoms with van der Waals surface area (Å²) < 4.78 is 52.9. The molecule has 1 aliphatic carbocycles. The van der Waals surface area contributed by atoms with E-state index in [9.17, 15) is 42.0 Å². The zero-order valence-corrected chi connectivity index (χ0v) is 21.0. The van der Waals surface area contributed by atoms with Crippen LogP contribution in [0.2, 0.25) is 0 Å². The molecule has 0 aromatic heterocycles. The molecule has 1 saturated carbocycles. The summed E-state index contributed by atoms with van der Waals surface area (Å²) in [6.45, 7) is 0.969. The van der Waals surface area contributed by atoms with Crippen LogP contribution in [0, 0.1) is 23.2 Å². The molecule has 2 saturated heterocycles. The van der Waals surface area contributed by atoms with Crippen molar-refractivity contribution in [1.82, 2.24) is 15.1 Å². The van der Waals surface area contributed by atoms with Crippen LogP contribution in [-0.4, -0.2) is 77.0 Å². The molecule has 2 N–H and O–H groups in total. The molecule has 5 rings (SSSR count). The minimum Gasteiger partial charge on any atom is -0.337 e. The Labute approximate surface area is 221 Å². The number of carbonyl (C=O) groups is 4. The van der Waals surface area contributed by atoms with Gasteiger partial charge in [-0.15, -0.1) is 0 Å². The summed E-state index contributed by atoms with van der Waals surface area (Å²) in [5.41, 5.74) is 0.0450. The smallest absolute Gasteiger partial charge is 0.337 e. The molecule has 3 fully saturated rings. The van der Waals surface area contributed by atoms with Crippen molar-refractivity contribution >= 4 is 29.3 Å². The number of rotatable bonds is 3. The maximum Gasteiger partial charge on any atom is 0.471 e. The number of halogens is 4. The minimum absolute atomic E-state index is 0.0123. The summed E-state index contributed by atoms with van der Waals surface area (Å²) in [7, 11) is 0. The molecule has 39 heavy (non-hydrogen) atoms. The maximum atomic E-state index is 14.5. The number of para-hydroxylation sites is 1. The fraction of sp³-hybridized carbons (Fsp3) is 0.577. The van der Waals surface area contributed by atoms with E-state index in [-0.39, 0.29) is 44.2 Å². The highest BCUT2D eigenvalue weighted by Crippen LogP contribution is 2.48. The van der Waals surface area contributed by atoms with Crippen LogP contribution in [0.1, 0.15) is 38.2 Å². The van der Waals surface area contributed by atoms with Crippen molar-refractivity contribution in [3.8, 4) is 6.07 Å². The molecule has 9 nitrogen and oxygen atoms in total. The van der Waals surface area contributed by atoms with Crippen LogP contribution in [-0.2, 0) is 24.6 Å². The highest BCUT2D eigenvalue weighted by molar-refractivity contribution is 6.07. The number of anilines is 1. The molecule has 1 aromatic carbocycles. The first-order chi connectivity index (χ1) is 18.4. The van der Waals surface area contributed by atoms with Crippen molar-refractivity contribution in [2.24, 2.45) is 11.8 Å². The highest BCUT2D eigenvalue weighted by Gasteiger charge is 2.59. The molecule has 4 aliphatic rings. The quantitative estimate of drug-likeness (QED) is 0.559. The van der Waals surface area contributed by atoms with Gasteiger partial charge >= 0.3 is 12.1 Å². The molecular weight excluding hydrogens is 522 g/mol. The van der Waals surface area contributed by atoms with Crippen LogP contribution in [0.5, 0.6) is 0 Å². The van der Waals surface area contributed by atoms with Gasteiger partial charge in [0, 0.05) is 25.2 Å². The monoisotopic (exact) mass is 549 g/mol. The van der Waals surface area contributed by atoms with Crippen molar-refractivity contribution in [3.63, 3.8) is 0 Å². The Morgan fingerprint density at radius 2 is 1.92 bits per heavy atom. The van der Waals surface area contributed by atoms with Crippen molar-refractivity contribution in [1.29, 1.82) is 5.26 Å². The number of fused-ring (bicyclic) bond motifs is 3. The Bertz CT molecular complexity index is 1270. The molecule has 7 atom stereocenters. The zero-order valence-electron chi connectivity index (χ0n) is 21.0. The topological polar surface area (TPSA) is 123 Å². The Hall–Kier alpha value is -3.69. The Morgan fingerprint density at radius 1 is 1.21 bits per heavy atom. The van der Waals surface area contributed by atoms with E-state index in [4.69, 9.17) is 0 Å². The van der Waals surface area contributed by atoms with Gasteiger partial charge in [-0.1, -0.05) is 18.2 Å². The molecule has 0 radical (unpaired) electrons. The third-order valence-corrected chi connectivity index (χ3v) is 8.58. The molecule has 208 valence electrons. The predicted octanol–water partition coefficient (Wildman–Crippen LogP) is 2.03. The summed E-state index contributed by atoms with van der Waals surface area (Å²) in [6, 6.07) is 5.18. The van der Waals surface area contributed by atoms with E-state index < -0.39 is 59.5 Å². The number of hydrogen-bond acceptors (Lipinski definition) is 5. The fourth-order valence-corrected chi connectivity index (χ4v) is 6.71. The minimum atomic E-state index is -5.20. The van der Waals surface area contributed by atoms with Crippen LogP contribution in [0.15, 0.2) is 24.3 Å². The van der Waals surface area contributed by atoms with Gasteiger partial charge in [0.15, 0.2) is 0 Å². The molecule has 4 amide bonds. The number of nitriles is 1. The van der Waals surface area contributed by atoms with Crippen molar-refractivity contribution < 1.29 is 36.7 Å². The van der Waals surface area contributed by atoms with Gasteiger partial charge in [-0.05, 0) is 49.7 Å². The average molecular weight is 550 g/mol. The van der Waals surface area contributed by atoms with Crippen molar-refractivity contribution in [3.05, 3.63) is 29.8 Å². The summed E-state index contributed by atoms with van der Waals surface area (Å²) in [6.07, 6.45) is -5.81. The molecule has 13 heteroatoms. The molecule has 1 aromatic rings. The van der Waals surface area contributed by atoms with E-state index in [1.165, 1.54) is 4.90 Å². The van der Waals surface area contributed by atoms with Crippen LogP contribution in [0.25, 0.3) is 0 Å². The first kappa shape index (κ1) is 26.9. The lowest BCUT2D eigenvalue weighted by Crippen LogP contribution is -2.56. The van der Waals surface area contributed by atoms with E-state index in [0.717, 1.165) is 11.8 Å². The Kier molecular flexibility index (Phi) is 6.55. The van der Waals surface area contributed by atoms with Gasteiger partial charge in [0.05, 0.1) is 11.5 Å². The SMILES string of the molecule is C[C@H](NC(=O)C(F)(F)F)C(=O)N1CC2CC[C@@H](F)C[C@@H]2[C@H]1C(=O)N1C[C@]2(C[C@H]1C#N)C(=O)Nc1ccccc12. The van der Waals surface area contributed by atoms with Crippen molar-refractivity contribution in [2.75, 3.05) is 18.4 Å². The standard InChI is InChI=1S/C26H27F4N5O4/c1-13(32-24(39)26(28,29)30)21(36)34-11-14-6-7-15(27)8-17(14)20(34)22(37)35-12-25(9-16(35)10-31)18-4-2-3-5-19(18)33-23(25)38/h2-5,13-17,20H,6-9,11-12H2,1H3,(H,32,39)(H,33,38)/t13-,14?,15+,16-,17-,20-,25-/m0/s1. The number of alkyl halides is 4. The fourth-order valence-electron chi connectivity index (χ4n) is 6.71. The third-order valence-electron chi connectivity index (χ3n) is 8.58. The first-order valence-corrected chi connectivity index (χ1v) is 12.8. The summed E-state index contributed by atoms with van der Waals surface area (Å²) >= 11 is 0. The van der Waals surface area contributed by atoms with Gasteiger partial charge in [0.25, 0.3) is 0 Å². The van der Waals surface area contributed by atoms with Crippen LogP contribution in [0.4, 0.5) is 23.2 Å². The lowest BCUT2D eigenvalue weighted by atomic mass is 9.77. The highest BCUT2D eigenvalue weighted by atomic mass is 19.4. The Balaban J connectivity index is 1.46. The average Bonchev–Trinajstić information content (AvgIpc) is 3.54. The van der Waals surface area contributed by atoms with Gasteiger partial charge in [-0.3, -0.25) is 19.2 Å². The second kappa shape index (κ2) is 9.50. The number of amides is 4. The predicted molar refractivity (Wildman–Crippen MR) is 127 cm³/mol. The molecule has 0 bridgehead atoms. The summed E-state index contributed by atoms with van der Waals surface area (Å²) in [4.78, 5) is 54.4. The lowest BCUT2D eigenvalue weighted by molar-refractivity contribution is -0.175. The number of carbonyl (C=O) groups excluding carboxylic acids is 4. The van der Waals surface area contributed by atoms with Crippen LogP contribution < -0.4 is 10.6 Å². The van der Waals surface area contributed by atoms with Crippen LogP contribution >= 0.6 is 0 Å². The second-order valence-electron chi connectivity index (χ2n) is 10.9. The molecule has 1 unspecified atom stereocenters. The van der Waals surface area contributed by atoms with Gasteiger partial charge in [-0.25, -0.2) is 4.39 Å². The van der Waals surface area contributed by atoms with Crippen LogP contribution in [0.3, 0.4) is 0 Å². The molecular formula is C26H27F4N5O4. The van der Waals surface area contributed by atoms with E-state index in [1.54, 1.807) is 29.6 Å². The van der Waals surface area contributed by atoms with E-state index in [1.807, 2.05) is 0 Å². The van der Waals surface area contributed by atoms with E-state index in [2.05, 4.69) is 11.4 Å². The third kappa shape index (κ3) is 4.39. The van der Waals surface area contributed by atoms with Gasteiger partial charge in [-0.2, -0.15) is 18.4 Å². The zero-order chi connectivity index (χ0) is 28.3. The molecule has 1 spiro atoms. The number of benzene rings is 1.